The fourth-order valence-electron chi connectivity index (χ4n) is 1.23. The molecular formula is C14H16Cl2OS. The molecule has 0 saturated heterocycles. The maximum Gasteiger partial charge on any atom is 0.103 e. The summed E-state index contributed by atoms with van der Waals surface area (Å²) in [6.07, 6.45) is 4.56. The SMILES string of the molecule is CC(=CCOSCc1ccccc1)CC=C(Cl)Cl. The Labute approximate surface area is 123 Å². The Bertz CT molecular complexity index is 398. The molecule has 0 aliphatic carbocycles. The van der Waals surface area contributed by atoms with E-state index in [1.807, 2.05) is 31.2 Å². The molecule has 0 aliphatic rings. The van der Waals surface area contributed by atoms with Crippen LogP contribution >= 0.6 is 35.2 Å². The van der Waals surface area contributed by atoms with Gasteiger partial charge in [-0.1, -0.05) is 71.3 Å². The maximum absolute atomic E-state index is 5.54. The molecule has 1 aromatic rings. The minimum absolute atomic E-state index is 0.308. The molecule has 0 unspecified atom stereocenters. The predicted molar refractivity (Wildman–Crippen MR) is 81.9 cm³/mol. The molecule has 0 atom stereocenters. The Kier molecular flexibility index (Phi) is 8.27. The van der Waals surface area contributed by atoms with Gasteiger partial charge in [-0.3, -0.25) is 0 Å². The zero-order chi connectivity index (χ0) is 13.2. The summed E-state index contributed by atoms with van der Waals surface area (Å²) in [4.78, 5) is 0. The summed E-state index contributed by atoms with van der Waals surface area (Å²) in [5, 5.41) is 0. The van der Waals surface area contributed by atoms with Gasteiger partial charge in [0, 0.05) is 5.75 Å². The molecule has 98 valence electrons. The fraction of sp³-hybridized carbons (Fsp3) is 0.286. The topological polar surface area (TPSA) is 9.23 Å². The van der Waals surface area contributed by atoms with Crippen LogP contribution in [0.1, 0.15) is 18.9 Å². The van der Waals surface area contributed by atoms with Gasteiger partial charge in [-0.25, -0.2) is 0 Å². The van der Waals surface area contributed by atoms with Gasteiger partial charge in [-0.05, 0) is 31.0 Å². The van der Waals surface area contributed by atoms with Crippen LogP contribution in [0.5, 0.6) is 0 Å². The van der Waals surface area contributed by atoms with E-state index in [2.05, 4.69) is 12.1 Å². The summed E-state index contributed by atoms with van der Waals surface area (Å²) in [7, 11) is 0. The third-order valence-electron chi connectivity index (χ3n) is 2.23. The zero-order valence-electron chi connectivity index (χ0n) is 10.2. The van der Waals surface area contributed by atoms with Gasteiger partial charge in [0.1, 0.15) is 4.49 Å². The van der Waals surface area contributed by atoms with E-state index in [1.165, 1.54) is 23.2 Å². The van der Waals surface area contributed by atoms with Crippen LogP contribution < -0.4 is 0 Å². The van der Waals surface area contributed by atoms with E-state index in [9.17, 15) is 0 Å². The van der Waals surface area contributed by atoms with Crippen LogP contribution in [-0.2, 0) is 9.94 Å². The van der Waals surface area contributed by atoms with Crippen LogP contribution in [0.25, 0.3) is 0 Å². The molecule has 0 radical (unpaired) electrons. The second-order valence-corrected chi connectivity index (χ2v) is 5.55. The average molecular weight is 303 g/mol. The molecule has 0 bridgehead atoms. The minimum Gasteiger partial charge on any atom is -0.311 e. The Morgan fingerprint density at radius 3 is 2.61 bits per heavy atom. The molecular weight excluding hydrogens is 287 g/mol. The van der Waals surface area contributed by atoms with Crippen molar-refractivity contribution >= 4 is 35.2 Å². The summed E-state index contributed by atoms with van der Waals surface area (Å²) in [6.45, 7) is 2.62. The Hall–Kier alpha value is -0.410. The van der Waals surface area contributed by atoms with Crippen LogP contribution in [-0.4, -0.2) is 6.61 Å². The molecule has 1 aromatic carbocycles. The van der Waals surface area contributed by atoms with Crippen molar-refractivity contribution in [2.45, 2.75) is 19.1 Å². The maximum atomic E-state index is 5.54. The summed E-state index contributed by atoms with van der Waals surface area (Å²) < 4.78 is 5.78. The molecule has 0 aliphatic heterocycles. The van der Waals surface area contributed by atoms with Gasteiger partial charge in [0.15, 0.2) is 0 Å². The lowest BCUT2D eigenvalue weighted by Gasteiger charge is -2.01. The fourth-order valence-corrected chi connectivity index (χ4v) is 1.96. The molecule has 18 heavy (non-hydrogen) atoms. The van der Waals surface area contributed by atoms with Crippen molar-refractivity contribution in [2.24, 2.45) is 0 Å². The Morgan fingerprint density at radius 2 is 1.94 bits per heavy atom. The first kappa shape index (κ1) is 15.6. The molecule has 0 saturated carbocycles. The zero-order valence-corrected chi connectivity index (χ0v) is 12.6. The number of benzene rings is 1. The summed E-state index contributed by atoms with van der Waals surface area (Å²) >= 11 is 12.5. The van der Waals surface area contributed by atoms with Crippen molar-refractivity contribution in [3.63, 3.8) is 0 Å². The third-order valence-corrected chi connectivity index (χ3v) is 3.29. The van der Waals surface area contributed by atoms with Gasteiger partial charge >= 0.3 is 0 Å². The van der Waals surface area contributed by atoms with E-state index in [1.54, 1.807) is 6.08 Å². The lowest BCUT2D eigenvalue weighted by Crippen LogP contribution is -1.86. The quantitative estimate of drug-likeness (QED) is 0.373. The molecule has 1 nitrogen and oxygen atoms in total. The minimum atomic E-state index is 0.308. The number of allylic oxidation sites excluding steroid dienone is 2. The highest BCUT2D eigenvalue weighted by atomic mass is 35.5. The second kappa shape index (κ2) is 9.51. The first-order chi connectivity index (χ1) is 8.68. The summed E-state index contributed by atoms with van der Waals surface area (Å²) in [6, 6.07) is 10.2. The van der Waals surface area contributed by atoms with E-state index in [0.717, 1.165) is 12.2 Å². The van der Waals surface area contributed by atoms with Crippen molar-refractivity contribution < 1.29 is 4.18 Å². The first-order valence-electron chi connectivity index (χ1n) is 5.63. The molecule has 0 N–H and O–H groups in total. The molecule has 0 spiro atoms. The number of hydrogen-bond donors (Lipinski definition) is 0. The van der Waals surface area contributed by atoms with Crippen molar-refractivity contribution in [1.29, 1.82) is 0 Å². The standard InChI is InChI=1S/C14H16Cl2OS/c1-12(7-8-14(15)16)9-10-17-18-11-13-5-3-2-4-6-13/h2-6,8-9H,7,10-11H2,1H3. The van der Waals surface area contributed by atoms with Gasteiger partial charge in [0.2, 0.25) is 0 Å². The van der Waals surface area contributed by atoms with E-state index in [-0.39, 0.29) is 0 Å². The third kappa shape index (κ3) is 7.83. The highest BCUT2D eigenvalue weighted by Crippen LogP contribution is 2.14. The smallest absolute Gasteiger partial charge is 0.103 e. The van der Waals surface area contributed by atoms with Crippen molar-refractivity contribution in [3.05, 3.63) is 58.1 Å². The highest BCUT2D eigenvalue weighted by Gasteiger charge is 1.93. The van der Waals surface area contributed by atoms with E-state index < -0.39 is 0 Å². The average Bonchev–Trinajstić information content (AvgIpc) is 2.37. The van der Waals surface area contributed by atoms with Gasteiger partial charge in [-0.2, -0.15) is 0 Å². The summed E-state index contributed by atoms with van der Waals surface area (Å²) in [5.41, 5.74) is 2.45. The Morgan fingerprint density at radius 1 is 1.22 bits per heavy atom. The predicted octanol–water partition coefficient (Wildman–Crippen LogP) is 5.51. The number of rotatable bonds is 7. The van der Waals surface area contributed by atoms with E-state index in [4.69, 9.17) is 27.4 Å². The van der Waals surface area contributed by atoms with Crippen molar-refractivity contribution in [2.75, 3.05) is 6.61 Å². The van der Waals surface area contributed by atoms with Crippen LogP contribution in [0.15, 0.2) is 52.5 Å². The normalized spacial score (nSPS) is 11.4. The molecule has 0 heterocycles. The van der Waals surface area contributed by atoms with Crippen LogP contribution in [0.2, 0.25) is 0 Å². The lowest BCUT2D eigenvalue weighted by atomic mass is 10.2. The van der Waals surface area contributed by atoms with Gasteiger partial charge in [0.05, 0.1) is 6.61 Å². The van der Waals surface area contributed by atoms with Crippen LogP contribution in [0.4, 0.5) is 0 Å². The molecule has 0 amide bonds. The molecule has 1 rings (SSSR count). The van der Waals surface area contributed by atoms with Gasteiger partial charge < -0.3 is 4.18 Å². The van der Waals surface area contributed by atoms with E-state index >= 15 is 0 Å². The molecule has 0 fully saturated rings. The highest BCUT2D eigenvalue weighted by molar-refractivity contribution is 7.93. The monoisotopic (exact) mass is 302 g/mol. The van der Waals surface area contributed by atoms with Crippen LogP contribution in [0.3, 0.4) is 0 Å². The van der Waals surface area contributed by atoms with Gasteiger partial charge in [-0.15, -0.1) is 0 Å². The van der Waals surface area contributed by atoms with Crippen LogP contribution in [0, 0.1) is 0 Å². The largest absolute Gasteiger partial charge is 0.311 e. The van der Waals surface area contributed by atoms with Crippen molar-refractivity contribution in [1.82, 2.24) is 0 Å². The number of hydrogen-bond acceptors (Lipinski definition) is 2. The lowest BCUT2D eigenvalue weighted by molar-refractivity contribution is 0.427. The number of halogens is 2. The second-order valence-electron chi connectivity index (χ2n) is 3.78. The van der Waals surface area contributed by atoms with E-state index in [0.29, 0.717) is 11.1 Å². The molecule has 0 aromatic heterocycles. The first-order valence-corrected chi connectivity index (χ1v) is 7.30. The van der Waals surface area contributed by atoms with Crippen molar-refractivity contribution in [3.8, 4) is 0 Å². The van der Waals surface area contributed by atoms with Gasteiger partial charge in [0.25, 0.3) is 0 Å². The Balaban J connectivity index is 2.15. The summed E-state index contributed by atoms with van der Waals surface area (Å²) in [5.74, 6) is 0.862. The molecule has 4 heteroatoms.